The average molecular weight is 279 g/mol. The van der Waals surface area contributed by atoms with Gasteiger partial charge in [0.25, 0.3) is 0 Å². The summed E-state index contributed by atoms with van der Waals surface area (Å²) in [6.07, 6.45) is 0. The fraction of sp³-hybridized carbons (Fsp3) is 0.429. The third kappa shape index (κ3) is 2.38. The zero-order valence-corrected chi connectivity index (χ0v) is 11.6. The van der Waals surface area contributed by atoms with E-state index in [9.17, 15) is 14.0 Å². The molecule has 0 radical (unpaired) electrons. The van der Waals surface area contributed by atoms with Crippen molar-refractivity contribution in [3.63, 3.8) is 0 Å². The fourth-order valence-corrected chi connectivity index (χ4v) is 2.41. The van der Waals surface area contributed by atoms with Crippen LogP contribution in [0.3, 0.4) is 0 Å². The van der Waals surface area contributed by atoms with Crippen molar-refractivity contribution in [1.29, 1.82) is 0 Å². The summed E-state index contributed by atoms with van der Waals surface area (Å²) in [7, 11) is 0. The van der Waals surface area contributed by atoms with E-state index in [1.54, 1.807) is 4.90 Å². The molecule has 1 aliphatic rings. The Labute approximate surface area is 117 Å². The van der Waals surface area contributed by atoms with Gasteiger partial charge in [-0.1, -0.05) is 6.07 Å². The predicted octanol–water partition coefficient (Wildman–Crippen LogP) is 1.04. The number of carbonyl (C=O) groups is 2. The zero-order chi connectivity index (χ0) is 14.9. The third-order valence-corrected chi connectivity index (χ3v) is 3.56. The topological polar surface area (TPSA) is 66.6 Å². The van der Waals surface area contributed by atoms with Crippen molar-refractivity contribution in [2.75, 3.05) is 24.5 Å². The van der Waals surface area contributed by atoms with Gasteiger partial charge in [0.2, 0.25) is 11.8 Å². The molecule has 2 N–H and O–H groups in total. The fourth-order valence-electron chi connectivity index (χ4n) is 2.41. The van der Waals surface area contributed by atoms with Gasteiger partial charge in [0.05, 0.1) is 5.69 Å². The number of nitrogens with zero attached hydrogens (tertiary/aromatic N) is 2. The van der Waals surface area contributed by atoms with Gasteiger partial charge < -0.3 is 15.5 Å². The van der Waals surface area contributed by atoms with Gasteiger partial charge in [-0.2, -0.15) is 0 Å². The van der Waals surface area contributed by atoms with Gasteiger partial charge >= 0.3 is 0 Å². The van der Waals surface area contributed by atoms with Crippen molar-refractivity contribution in [1.82, 2.24) is 4.90 Å². The molecule has 1 heterocycles. The van der Waals surface area contributed by atoms with Gasteiger partial charge in [-0.25, -0.2) is 4.39 Å². The molecular formula is C14H18FN3O2. The van der Waals surface area contributed by atoms with E-state index < -0.39 is 11.9 Å². The molecule has 5 nitrogen and oxygen atoms in total. The van der Waals surface area contributed by atoms with E-state index in [0.29, 0.717) is 24.3 Å². The number of benzene rings is 1. The first-order valence-corrected chi connectivity index (χ1v) is 6.63. The van der Waals surface area contributed by atoms with E-state index in [4.69, 9.17) is 5.73 Å². The van der Waals surface area contributed by atoms with Crippen molar-refractivity contribution in [3.05, 3.63) is 29.6 Å². The highest BCUT2D eigenvalue weighted by atomic mass is 19.1. The minimum Gasteiger partial charge on any atom is -0.342 e. The monoisotopic (exact) mass is 279 g/mol. The van der Waals surface area contributed by atoms with E-state index in [0.717, 1.165) is 0 Å². The maximum Gasteiger partial charge on any atom is 0.249 e. The van der Waals surface area contributed by atoms with Crippen LogP contribution in [0.1, 0.15) is 25.5 Å². The molecule has 0 aromatic heterocycles. The molecule has 20 heavy (non-hydrogen) atoms. The van der Waals surface area contributed by atoms with Gasteiger partial charge in [0, 0.05) is 18.7 Å². The summed E-state index contributed by atoms with van der Waals surface area (Å²) in [6, 6.07) is 3.18. The van der Waals surface area contributed by atoms with Gasteiger partial charge in [0.15, 0.2) is 0 Å². The summed E-state index contributed by atoms with van der Waals surface area (Å²) in [4.78, 5) is 27.1. The molecule has 6 heteroatoms. The Kier molecular flexibility index (Phi) is 4.04. The van der Waals surface area contributed by atoms with Crippen molar-refractivity contribution in [2.24, 2.45) is 5.73 Å². The van der Waals surface area contributed by atoms with Crippen LogP contribution in [0.4, 0.5) is 10.1 Å². The number of hydrogen-bond acceptors (Lipinski definition) is 3. The van der Waals surface area contributed by atoms with Crippen molar-refractivity contribution in [2.45, 2.75) is 19.9 Å². The number of fused-ring (bicyclic) bond motifs is 1. The number of likely N-dealkylation sites (N-methyl/N-ethyl adjacent to an activating group) is 1. The summed E-state index contributed by atoms with van der Waals surface area (Å²) in [6.45, 7) is 4.77. The van der Waals surface area contributed by atoms with Gasteiger partial charge in [0.1, 0.15) is 18.4 Å². The summed E-state index contributed by atoms with van der Waals surface area (Å²) in [5.41, 5.74) is 6.76. The standard InChI is InChI=1S/C14H18FN3O2/c1-3-17(4-2)12(19)8-18-11-7-9(15)5-6-10(11)13(16)14(18)20/h5-7,13H,3-4,8,16H2,1-2H3. The molecule has 2 rings (SSSR count). The van der Waals surface area contributed by atoms with E-state index in [1.807, 2.05) is 13.8 Å². The highest BCUT2D eigenvalue weighted by Crippen LogP contribution is 2.34. The van der Waals surface area contributed by atoms with Crippen LogP contribution in [-0.2, 0) is 9.59 Å². The SMILES string of the molecule is CCN(CC)C(=O)CN1C(=O)C(N)c2ccc(F)cc21. The Hall–Kier alpha value is -1.95. The number of amides is 2. The number of carbonyl (C=O) groups excluding carboxylic acids is 2. The summed E-state index contributed by atoms with van der Waals surface area (Å²) in [5, 5.41) is 0. The molecule has 1 aromatic carbocycles. The Morgan fingerprint density at radius 3 is 2.65 bits per heavy atom. The lowest BCUT2D eigenvalue weighted by molar-refractivity contribution is -0.131. The minimum absolute atomic E-state index is 0.106. The van der Waals surface area contributed by atoms with Crippen LogP contribution in [0.2, 0.25) is 0 Å². The zero-order valence-electron chi connectivity index (χ0n) is 11.6. The molecule has 0 spiro atoms. The first-order chi connectivity index (χ1) is 9.49. The maximum absolute atomic E-state index is 13.3. The van der Waals surface area contributed by atoms with E-state index >= 15 is 0 Å². The second kappa shape index (κ2) is 5.58. The largest absolute Gasteiger partial charge is 0.342 e. The lowest BCUT2D eigenvalue weighted by Gasteiger charge is -2.23. The van der Waals surface area contributed by atoms with Crippen LogP contribution in [-0.4, -0.2) is 36.3 Å². The number of anilines is 1. The number of halogens is 1. The molecular weight excluding hydrogens is 261 g/mol. The van der Waals surface area contributed by atoms with Gasteiger partial charge in [-0.15, -0.1) is 0 Å². The van der Waals surface area contributed by atoms with Crippen LogP contribution in [0, 0.1) is 5.82 Å². The van der Waals surface area contributed by atoms with Gasteiger partial charge in [-0.05, 0) is 26.0 Å². The number of hydrogen-bond donors (Lipinski definition) is 1. The lowest BCUT2D eigenvalue weighted by Crippen LogP contribution is -2.42. The summed E-state index contributed by atoms with van der Waals surface area (Å²) < 4.78 is 13.3. The van der Waals surface area contributed by atoms with Crippen LogP contribution >= 0.6 is 0 Å². The maximum atomic E-state index is 13.3. The molecule has 0 saturated carbocycles. The Morgan fingerprint density at radius 1 is 1.40 bits per heavy atom. The van der Waals surface area contributed by atoms with Crippen molar-refractivity contribution < 1.29 is 14.0 Å². The predicted molar refractivity (Wildman–Crippen MR) is 73.6 cm³/mol. The van der Waals surface area contributed by atoms with E-state index in [-0.39, 0.29) is 18.4 Å². The molecule has 1 aliphatic heterocycles. The number of nitrogens with two attached hydrogens (primary N) is 1. The molecule has 1 atom stereocenters. The Balaban J connectivity index is 2.27. The molecule has 2 amide bonds. The van der Waals surface area contributed by atoms with Crippen LogP contribution in [0.15, 0.2) is 18.2 Å². The third-order valence-electron chi connectivity index (χ3n) is 3.56. The lowest BCUT2D eigenvalue weighted by atomic mass is 10.1. The second-order valence-corrected chi connectivity index (χ2v) is 4.67. The minimum atomic E-state index is -0.824. The van der Waals surface area contributed by atoms with Crippen LogP contribution < -0.4 is 10.6 Å². The highest BCUT2D eigenvalue weighted by molar-refractivity contribution is 6.07. The van der Waals surface area contributed by atoms with E-state index in [1.165, 1.54) is 23.1 Å². The Bertz CT molecular complexity index is 543. The van der Waals surface area contributed by atoms with E-state index in [2.05, 4.69) is 0 Å². The Morgan fingerprint density at radius 2 is 2.05 bits per heavy atom. The normalized spacial score (nSPS) is 17.3. The smallest absolute Gasteiger partial charge is 0.249 e. The van der Waals surface area contributed by atoms with Crippen molar-refractivity contribution >= 4 is 17.5 Å². The molecule has 1 aromatic rings. The second-order valence-electron chi connectivity index (χ2n) is 4.67. The molecule has 0 bridgehead atoms. The average Bonchev–Trinajstić information content (AvgIpc) is 2.65. The molecule has 0 aliphatic carbocycles. The summed E-state index contributed by atoms with van der Waals surface area (Å²) >= 11 is 0. The molecule has 0 saturated heterocycles. The first-order valence-electron chi connectivity index (χ1n) is 6.63. The van der Waals surface area contributed by atoms with Crippen LogP contribution in [0.5, 0.6) is 0 Å². The van der Waals surface area contributed by atoms with Crippen molar-refractivity contribution in [3.8, 4) is 0 Å². The quantitative estimate of drug-likeness (QED) is 0.895. The van der Waals surface area contributed by atoms with Crippen LogP contribution in [0.25, 0.3) is 0 Å². The summed E-state index contributed by atoms with van der Waals surface area (Å²) in [5.74, 6) is -0.996. The van der Waals surface area contributed by atoms with Gasteiger partial charge in [-0.3, -0.25) is 9.59 Å². The molecule has 0 fully saturated rings. The molecule has 1 unspecified atom stereocenters. The first kappa shape index (κ1) is 14.5. The molecule has 108 valence electrons. The highest BCUT2D eigenvalue weighted by Gasteiger charge is 2.36. The number of rotatable bonds is 4.